The second-order valence-corrected chi connectivity index (χ2v) is 7.48. The molecule has 0 radical (unpaired) electrons. The number of aryl methyl sites for hydroxylation is 1. The van der Waals surface area contributed by atoms with E-state index < -0.39 is 15.6 Å². The van der Waals surface area contributed by atoms with E-state index >= 15 is 0 Å². The molecule has 0 saturated carbocycles. The first-order valence-electron chi connectivity index (χ1n) is 7.13. The van der Waals surface area contributed by atoms with Crippen molar-refractivity contribution in [2.45, 2.75) is 32.4 Å². The maximum absolute atomic E-state index is 11.3. The summed E-state index contributed by atoms with van der Waals surface area (Å²) in [6, 6.07) is 1.89. The molecule has 10 heteroatoms. The molecule has 0 aliphatic heterocycles. The first-order valence-corrected chi connectivity index (χ1v) is 9.02. The fourth-order valence-electron chi connectivity index (χ4n) is 1.94. The minimum Gasteiger partial charge on any atom is -0.356 e. The summed E-state index contributed by atoms with van der Waals surface area (Å²) in [5, 5.41) is 10.4. The fourth-order valence-corrected chi connectivity index (χ4v) is 3.02. The number of nitrogens with one attached hydrogen (secondary N) is 3. The first kappa shape index (κ1) is 22.1. The molecule has 3 N–H and O–H groups in total. The van der Waals surface area contributed by atoms with Crippen LogP contribution in [0.25, 0.3) is 0 Å². The fraction of sp³-hybridized carbons (Fsp3) is 0.692. The van der Waals surface area contributed by atoms with Gasteiger partial charge in [-0.25, -0.2) is 13.1 Å². The number of halogens is 1. The summed E-state index contributed by atoms with van der Waals surface area (Å²) >= 11 is 0. The van der Waals surface area contributed by atoms with Crippen LogP contribution in [-0.4, -0.2) is 56.1 Å². The van der Waals surface area contributed by atoms with E-state index in [2.05, 4.69) is 25.4 Å². The van der Waals surface area contributed by atoms with Crippen LogP contribution in [0, 0.1) is 0 Å². The molecule has 0 unspecified atom stereocenters. The molecular weight excluding hydrogens is 431 g/mol. The van der Waals surface area contributed by atoms with Gasteiger partial charge in [-0.1, -0.05) is 0 Å². The SMILES string of the molecule is CN=C(NCCCn1cccn1)NCC(C)(C)NS(C)(=O)=O.I. The van der Waals surface area contributed by atoms with E-state index in [1.165, 1.54) is 0 Å². The minimum atomic E-state index is -3.24. The third-order valence-corrected chi connectivity index (χ3v) is 3.72. The number of sulfonamides is 1. The molecule has 1 heterocycles. The largest absolute Gasteiger partial charge is 0.356 e. The zero-order valence-corrected chi connectivity index (χ0v) is 17.2. The van der Waals surface area contributed by atoms with Gasteiger partial charge in [-0.15, -0.1) is 24.0 Å². The molecule has 23 heavy (non-hydrogen) atoms. The Balaban J connectivity index is 0.00000484. The van der Waals surface area contributed by atoms with Gasteiger partial charge in [0, 0.05) is 44.6 Å². The lowest BCUT2D eigenvalue weighted by Gasteiger charge is -2.26. The van der Waals surface area contributed by atoms with Gasteiger partial charge in [0.15, 0.2) is 5.96 Å². The van der Waals surface area contributed by atoms with Crippen molar-refractivity contribution in [3.63, 3.8) is 0 Å². The topological polar surface area (TPSA) is 100 Å². The maximum atomic E-state index is 11.3. The highest BCUT2D eigenvalue weighted by Crippen LogP contribution is 2.01. The summed E-state index contributed by atoms with van der Waals surface area (Å²) in [5.74, 6) is 0.642. The number of guanidine groups is 1. The Morgan fingerprint density at radius 2 is 2.04 bits per heavy atom. The van der Waals surface area contributed by atoms with Crippen molar-refractivity contribution in [1.29, 1.82) is 0 Å². The number of aromatic nitrogens is 2. The highest BCUT2D eigenvalue weighted by atomic mass is 127. The summed E-state index contributed by atoms with van der Waals surface area (Å²) in [6.45, 7) is 5.63. The predicted octanol–water partition coefficient (Wildman–Crippen LogP) is 0.384. The van der Waals surface area contributed by atoms with E-state index in [4.69, 9.17) is 0 Å². The van der Waals surface area contributed by atoms with Crippen LogP contribution in [0.2, 0.25) is 0 Å². The molecule has 0 atom stereocenters. The Hall–Kier alpha value is -0.880. The second-order valence-electron chi connectivity index (χ2n) is 5.73. The van der Waals surface area contributed by atoms with Crippen LogP contribution in [0.3, 0.4) is 0 Å². The van der Waals surface area contributed by atoms with Crippen molar-refractivity contribution in [2.75, 3.05) is 26.4 Å². The standard InChI is InChI=1S/C13H26N6O2S.HI/c1-13(2,18-22(4,20)21)11-16-12(14-3)15-7-5-9-19-10-6-8-17-19;/h6,8,10,18H,5,7,9,11H2,1-4H3,(H2,14,15,16);1H. The Kier molecular flexibility index (Phi) is 9.70. The average molecular weight is 458 g/mol. The predicted molar refractivity (Wildman–Crippen MR) is 104 cm³/mol. The van der Waals surface area contributed by atoms with Gasteiger partial charge in [0.2, 0.25) is 10.0 Å². The Morgan fingerprint density at radius 1 is 1.35 bits per heavy atom. The van der Waals surface area contributed by atoms with Crippen LogP contribution in [0.15, 0.2) is 23.5 Å². The summed E-state index contributed by atoms with van der Waals surface area (Å²) in [7, 11) is -1.56. The highest BCUT2D eigenvalue weighted by molar-refractivity contribution is 14.0. The van der Waals surface area contributed by atoms with Gasteiger partial charge in [0.1, 0.15) is 0 Å². The third-order valence-electron chi connectivity index (χ3n) is 2.80. The van der Waals surface area contributed by atoms with Crippen molar-refractivity contribution < 1.29 is 8.42 Å². The molecule has 0 aromatic carbocycles. The Bertz CT molecular complexity index is 571. The molecule has 0 bridgehead atoms. The molecule has 0 saturated heterocycles. The summed E-state index contributed by atoms with van der Waals surface area (Å²) in [4.78, 5) is 4.12. The van der Waals surface area contributed by atoms with Gasteiger partial charge < -0.3 is 10.6 Å². The molecule has 0 amide bonds. The summed E-state index contributed by atoms with van der Waals surface area (Å²) < 4.78 is 27.0. The van der Waals surface area contributed by atoms with E-state index in [-0.39, 0.29) is 24.0 Å². The smallest absolute Gasteiger partial charge is 0.209 e. The van der Waals surface area contributed by atoms with Crippen molar-refractivity contribution in [3.8, 4) is 0 Å². The normalized spacial score (nSPS) is 12.6. The monoisotopic (exact) mass is 458 g/mol. The number of hydrogen-bond acceptors (Lipinski definition) is 4. The minimum absolute atomic E-state index is 0. The second kappa shape index (κ2) is 10.1. The highest BCUT2D eigenvalue weighted by Gasteiger charge is 2.22. The van der Waals surface area contributed by atoms with Gasteiger partial charge >= 0.3 is 0 Å². The van der Waals surface area contributed by atoms with E-state index in [1.807, 2.05) is 30.8 Å². The lowest BCUT2D eigenvalue weighted by atomic mass is 10.1. The molecule has 1 rings (SSSR count). The molecule has 1 aromatic heterocycles. The van der Waals surface area contributed by atoms with Crippen molar-refractivity contribution in [3.05, 3.63) is 18.5 Å². The molecule has 0 aliphatic carbocycles. The molecule has 8 nitrogen and oxygen atoms in total. The molecular formula is C13H27IN6O2S. The van der Waals surface area contributed by atoms with E-state index in [0.717, 1.165) is 25.8 Å². The molecule has 0 aliphatic rings. The van der Waals surface area contributed by atoms with Gasteiger partial charge in [0.05, 0.1) is 6.26 Å². The Morgan fingerprint density at radius 3 is 2.57 bits per heavy atom. The maximum Gasteiger partial charge on any atom is 0.209 e. The van der Waals surface area contributed by atoms with Crippen LogP contribution in [-0.2, 0) is 16.6 Å². The molecule has 0 spiro atoms. The van der Waals surface area contributed by atoms with Gasteiger partial charge in [-0.2, -0.15) is 5.10 Å². The number of hydrogen-bond donors (Lipinski definition) is 3. The third kappa shape index (κ3) is 10.5. The lowest BCUT2D eigenvalue weighted by molar-refractivity contribution is 0.446. The quantitative estimate of drug-likeness (QED) is 0.227. The van der Waals surface area contributed by atoms with Gasteiger partial charge in [-0.3, -0.25) is 9.67 Å². The number of rotatable bonds is 8. The van der Waals surface area contributed by atoms with Crippen LogP contribution in [0.1, 0.15) is 20.3 Å². The van der Waals surface area contributed by atoms with Crippen molar-refractivity contribution >= 4 is 40.0 Å². The van der Waals surface area contributed by atoms with E-state index in [1.54, 1.807) is 13.2 Å². The zero-order chi connectivity index (χ0) is 16.6. The van der Waals surface area contributed by atoms with Crippen LogP contribution in [0.4, 0.5) is 0 Å². The van der Waals surface area contributed by atoms with E-state index in [9.17, 15) is 8.42 Å². The molecule has 134 valence electrons. The Labute approximate surface area is 155 Å². The van der Waals surface area contributed by atoms with Crippen molar-refractivity contribution in [1.82, 2.24) is 25.1 Å². The summed E-state index contributed by atoms with van der Waals surface area (Å²) in [5.41, 5.74) is -0.597. The zero-order valence-electron chi connectivity index (χ0n) is 14.0. The van der Waals surface area contributed by atoms with Gasteiger partial charge in [0.25, 0.3) is 0 Å². The number of nitrogens with zero attached hydrogens (tertiary/aromatic N) is 3. The van der Waals surface area contributed by atoms with Crippen LogP contribution < -0.4 is 15.4 Å². The van der Waals surface area contributed by atoms with Crippen LogP contribution in [0.5, 0.6) is 0 Å². The van der Waals surface area contributed by atoms with Crippen molar-refractivity contribution in [2.24, 2.45) is 4.99 Å². The van der Waals surface area contributed by atoms with E-state index in [0.29, 0.717) is 12.5 Å². The summed E-state index contributed by atoms with van der Waals surface area (Å²) in [6.07, 6.45) is 5.74. The van der Waals surface area contributed by atoms with Crippen LogP contribution >= 0.6 is 24.0 Å². The first-order chi connectivity index (χ1) is 10.2. The molecule has 0 fully saturated rings. The molecule has 1 aromatic rings. The van der Waals surface area contributed by atoms with Gasteiger partial charge in [-0.05, 0) is 26.3 Å². The lowest BCUT2D eigenvalue weighted by Crippen LogP contribution is -2.53. The number of aliphatic imine (C=N–C) groups is 1. The average Bonchev–Trinajstić information content (AvgIpc) is 2.88.